The third-order valence-corrected chi connectivity index (χ3v) is 10.2. The topological polar surface area (TPSA) is 109 Å². The molecule has 248 valence electrons. The highest BCUT2D eigenvalue weighted by atomic mass is 35.5. The molecule has 0 bridgehead atoms. The van der Waals surface area contributed by atoms with Crippen LogP contribution in [0.5, 0.6) is 0 Å². The van der Waals surface area contributed by atoms with Crippen molar-refractivity contribution in [1.29, 1.82) is 0 Å². The molecule has 7 nitrogen and oxygen atoms in total. The molecule has 9 heteroatoms. The Bertz CT molecular complexity index is 1210. The van der Waals surface area contributed by atoms with E-state index in [1.807, 2.05) is 60.7 Å². The van der Waals surface area contributed by atoms with Gasteiger partial charge in [-0.05, 0) is 61.5 Å². The van der Waals surface area contributed by atoms with Gasteiger partial charge in [-0.15, -0.1) is 23.2 Å². The molecule has 2 N–H and O–H groups in total. The Morgan fingerprint density at radius 2 is 0.891 bits per heavy atom. The highest BCUT2D eigenvalue weighted by Gasteiger charge is 2.40. The van der Waals surface area contributed by atoms with Crippen molar-refractivity contribution in [3.8, 4) is 0 Å². The Labute approximate surface area is 282 Å². The lowest BCUT2D eigenvalue weighted by atomic mass is 9.86. The Balaban J connectivity index is 1.45. The van der Waals surface area contributed by atoms with Gasteiger partial charge in [-0.1, -0.05) is 99.2 Å². The van der Waals surface area contributed by atoms with Crippen molar-refractivity contribution in [3.05, 3.63) is 71.8 Å². The molecule has 2 amide bonds. The Kier molecular flexibility index (Phi) is 14.3. The summed E-state index contributed by atoms with van der Waals surface area (Å²) in [5.74, 6) is -2.40. The molecule has 2 aliphatic carbocycles. The summed E-state index contributed by atoms with van der Waals surface area (Å²) >= 11 is 13.0. The van der Waals surface area contributed by atoms with Crippen LogP contribution >= 0.6 is 23.2 Å². The van der Waals surface area contributed by atoms with E-state index < -0.39 is 40.2 Å². The zero-order valence-electron chi connectivity index (χ0n) is 26.4. The maximum absolute atomic E-state index is 13.7. The molecule has 46 heavy (non-hydrogen) atoms. The van der Waals surface area contributed by atoms with Gasteiger partial charge in [0.05, 0.1) is 12.1 Å². The van der Waals surface area contributed by atoms with Crippen molar-refractivity contribution in [2.24, 2.45) is 11.8 Å². The van der Waals surface area contributed by atoms with E-state index in [0.717, 1.165) is 75.3 Å². The number of amides is 2. The smallest absolute Gasteiger partial charge is 0.220 e. The number of rotatable bonds is 16. The van der Waals surface area contributed by atoms with Crippen LogP contribution in [0.4, 0.5) is 0 Å². The van der Waals surface area contributed by atoms with E-state index in [1.54, 1.807) is 0 Å². The van der Waals surface area contributed by atoms with Gasteiger partial charge in [0, 0.05) is 12.8 Å². The normalized spacial score (nSPS) is 18.5. The molecule has 0 heterocycles. The Morgan fingerprint density at radius 3 is 1.24 bits per heavy atom. The third kappa shape index (κ3) is 11.0. The first-order valence-electron chi connectivity index (χ1n) is 16.8. The second kappa shape index (κ2) is 18.3. The molecule has 2 saturated carbocycles. The lowest BCUT2D eigenvalue weighted by molar-refractivity contribution is -0.134. The van der Waals surface area contributed by atoms with Crippen LogP contribution in [-0.2, 0) is 36.8 Å². The van der Waals surface area contributed by atoms with E-state index in [-0.39, 0.29) is 36.5 Å². The van der Waals surface area contributed by atoms with Gasteiger partial charge in [-0.2, -0.15) is 0 Å². The number of carbonyl (C=O) groups excluding carboxylic acids is 5. The lowest BCUT2D eigenvalue weighted by Crippen LogP contribution is -2.52. The minimum atomic E-state index is -1.76. The number of benzene rings is 2. The van der Waals surface area contributed by atoms with E-state index in [4.69, 9.17) is 23.2 Å². The molecular weight excluding hydrogens is 623 g/mol. The van der Waals surface area contributed by atoms with Gasteiger partial charge in [-0.25, -0.2) is 0 Å². The fourth-order valence-electron chi connectivity index (χ4n) is 6.72. The largest absolute Gasteiger partial charge is 0.346 e. The molecule has 0 aromatic heterocycles. The van der Waals surface area contributed by atoms with Crippen LogP contribution in [0.1, 0.15) is 88.2 Å². The van der Waals surface area contributed by atoms with Gasteiger partial charge in [0.1, 0.15) is 0 Å². The van der Waals surface area contributed by atoms with Crippen molar-refractivity contribution >= 4 is 52.4 Å². The minimum Gasteiger partial charge on any atom is -0.346 e. The molecule has 2 unspecified atom stereocenters. The molecule has 2 aliphatic rings. The summed E-state index contributed by atoms with van der Waals surface area (Å²) in [6, 6.07) is 16.2. The highest BCUT2D eigenvalue weighted by molar-refractivity contribution is 6.52. The third-order valence-electron chi connectivity index (χ3n) is 9.32. The number of halogens is 2. The monoisotopic (exact) mass is 668 g/mol. The summed E-state index contributed by atoms with van der Waals surface area (Å²) in [5.41, 5.74) is 1.58. The predicted octanol–water partition coefficient (Wildman–Crippen LogP) is 6.30. The van der Waals surface area contributed by atoms with Crippen LogP contribution in [0.3, 0.4) is 0 Å². The SMILES string of the molecule is O=C(CC1CCCCC1)N[C@@H](Cc1ccccc1)C(=O)C(Cl)C(=O)C(Cl)C(=O)[C@H](Cc1ccccc1)NC(=O)CC1CCCCC1. The van der Waals surface area contributed by atoms with E-state index in [2.05, 4.69) is 10.6 Å². The van der Waals surface area contributed by atoms with E-state index in [0.29, 0.717) is 12.8 Å². The number of carbonyl (C=O) groups is 5. The van der Waals surface area contributed by atoms with Crippen LogP contribution in [0.15, 0.2) is 60.7 Å². The average Bonchev–Trinajstić information content (AvgIpc) is 3.07. The lowest BCUT2D eigenvalue weighted by Gasteiger charge is -2.25. The maximum atomic E-state index is 13.7. The fraction of sp³-hybridized carbons (Fsp3) is 0.541. The van der Waals surface area contributed by atoms with Crippen LogP contribution in [0.2, 0.25) is 0 Å². The number of alkyl halides is 2. The molecule has 2 aromatic carbocycles. The second-order valence-electron chi connectivity index (χ2n) is 13.0. The number of Topliss-reactive ketones (excluding diaryl/α,β-unsaturated/α-hetero) is 3. The Morgan fingerprint density at radius 1 is 0.543 bits per heavy atom. The summed E-state index contributed by atoms with van der Waals surface area (Å²) in [6.07, 6.45) is 11.4. The van der Waals surface area contributed by atoms with Gasteiger partial charge < -0.3 is 10.6 Å². The number of ketones is 3. The van der Waals surface area contributed by atoms with Crippen molar-refractivity contribution in [1.82, 2.24) is 10.6 Å². The molecule has 4 rings (SSSR count). The average molecular weight is 670 g/mol. The number of hydrogen-bond acceptors (Lipinski definition) is 5. The van der Waals surface area contributed by atoms with E-state index in [1.165, 1.54) is 0 Å². The zero-order valence-corrected chi connectivity index (χ0v) is 27.9. The van der Waals surface area contributed by atoms with E-state index >= 15 is 0 Å². The van der Waals surface area contributed by atoms with Gasteiger partial charge in [0.2, 0.25) is 11.8 Å². The van der Waals surface area contributed by atoms with Crippen molar-refractivity contribution in [2.75, 3.05) is 0 Å². The summed E-state index contributed by atoms with van der Waals surface area (Å²) in [4.78, 5) is 67.0. The molecule has 4 atom stereocenters. The summed E-state index contributed by atoms with van der Waals surface area (Å²) in [5, 5.41) is 2.14. The van der Waals surface area contributed by atoms with Gasteiger partial charge in [-0.3, -0.25) is 24.0 Å². The molecule has 0 aliphatic heterocycles. The summed E-state index contributed by atoms with van der Waals surface area (Å²) in [6.45, 7) is 0. The first-order chi connectivity index (χ1) is 22.2. The zero-order chi connectivity index (χ0) is 32.9. The molecule has 2 aromatic rings. The van der Waals surface area contributed by atoms with E-state index in [9.17, 15) is 24.0 Å². The van der Waals surface area contributed by atoms with Crippen LogP contribution in [0, 0.1) is 11.8 Å². The molecule has 2 fully saturated rings. The van der Waals surface area contributed by atoms with Crippen molar-refractivity contribution in [3.63, 3.8) is 0 Å². The predicted molar refractivity (Wildman–Crippen MR) is 181 cm³/mol. The maximum Gasteiger partial charge on any atom is 0.220 e. The van der Waals surface area contributed by atoms with Gasteiger partial charge in [0.25, 0.3) is 0 Å². The van der Waals surface area contributed by atoms with Crippen molar-refractivity contribution < 1.29 is 24.0 Å². The molecule has 0 spiro atoms. The van der Waals surface area contributed by atoms with Gasteiger partial charge >= 0.3 is 0 Å². The van der Waals surface area contributed by atoms with Crippen molar-refractivity contribution in [2.45, 2.75) is 113 Å². The van der Waals surface area contributed by atoms with Crippen LogP contribution in [0.25, 0.3) is 0 Å². The second-order valence-corrected chi connectivity index (χ2v) is 13.8. The Hall–Kier alpha value is -3.03. The minimum absolute atomic E-state index is 0.140. The first kappa shape index (κ1) is 35.8. The quantitative estimate of drug-likeness (QED) is 0.161. The summed E-state index contributed by atoms with van der Waals surface area (Å²) in [7, 11) is 0. The number of hydrogen-bond donors (Lipinski definition) is 2. The highest BCUT2D eigenvalue weighted by Crippen LogP contribution is 2.27. The molecular formula is C37H46Cl2N2O5. The fourth-order valence-corrected chi connectivity index (χ4v) is 7.34. The standard InChI is InChI=1S/C37H46Cl2N2O5/c38-33(35(44)29(21-25-13-5-1-6-14-25)40-31(42)23-27-17-9-3-10-18-27)37(46)34(39)36(45)30(22-26-15-7-2-8-16-26)41-32(43)24-28-19-11-4-12-20-28/h1-2,5-8,13-16,27-30,33-34H,3-4,9-12,17-24H2,(H,40,42)(H,41,43)/t29-,30-,33?,34?/m0/s1. The first-order valence-corrected chi connectivity index (χ1v) is 17.6. The van der Waals surface area contributed by atoms with Crippen LogP contribution < -0.4 is 10.6 Å². The summed E-state index contributed by atoms with van der Waals surface area (Å²) < 4.78 is 0. The van der Waals surface area contributed by atoms with Gasteiger partial charge in [0.15, 0.2) is 28.1 Å². The number of nitrogens with one attached hydrogen (secondary N) is 2. The van der Waals surface area contributed by atoms with Crippen LogP contribution in [-0.4, -0.2) is 52.0 Å². The molecule has 0 radical (unpaired) electrons. The molecule has 0 saturated heterocycles.